The summed E-state index contributed by atoms with van der Waals surface area (Å²) < 4.78 is 10.3. The fourth-order valence-electron chi connectivity index (χ4n) is 2.92. The van der Waals surface area contributed by atoms with Crippen LogP contribution in [-0.4, -0.2) is 56.6 Å². The Morgan fingerprint density at radius 3 is 2.32 bits per heavy atom. The molecule has 0 spiro atoms. The molecule has 0 unspecified atom stereocenters. The lowest BCUT2D eigenvalue weighted by atomic mass is 9.83. The fourth-order valence-corrected chi connectivity index (χ4v) is 2.92. The first-order valence-electron chi connectivity index (χ1n) is 9.31. The molecule has 1 aliphatic rings. The van der Waals surface area contributed by atoms with Crippen molar-refractivity contribution >= 4 is 17.6 Å². The molecule has 1 aliphatic carbocycles. The quantitative estimate of drug-likeness (QED) is 0.513. The third kappa shape index (κ3) is 9.55. The summed E-state index contributed by atoms with van der Waals surface area (Å²) in [6.45, 7) is 5.41. The summed E-state index contributed by atoms with van der Waals surface area (Å²) in [5, 5.41) is 5.68. The minimum absolute atomic E-state index is 0.0225. The van der Waals surface area contributed by atoms with Gasteiger partial charge in [0.1, 0.15) is 12.4 Å². The third-order valence-electron chi connectivity index (χ3n) is 4.38. The molecule has 2 amide bonds. The molecular weight excluding hydrogens is 324 g/mol. The second kappa shape index (κ2) is 12.8. The molecule has 0 aliphatic heterocycles. The van der Waals surface area contributed by atoms with E-state index in [0.717, 1.165) is 25.7 Å². The first-order chi connectivity index (χ1) is 12.1. The van der Waals surface area contributed by atoms with Gasteiger partial charge in [0, 0.05) is 38.0 Å². The number of amides is 2. The van der Waals surface area contributed by atoms with E-state index in [2.05, 4.69) is 10.6 Å². The molecule has 7 nitrogen and oxygen atoms in total. The second-order valence-electron chi connectivity index (χ2n) is 6.29. The van der Waals surface area contributed by atoms with E-state index >= 15 is 0 Å². The summed E-state index contributed by atoms with van der Waals surface area (Å²) in [4.78, 5) is 34.8. The number of hydrogen-bond donors (Lipinski definition) is 2. The number of ketones is 1. The first-order valence-corrected chi connectivity index (χ1v) is 9.31. The van der Waals surface area contributed by atoms with Gasteiger partial charge in [0.15, 0.2) is 0 Å². The number of carbonyl (C=O) groups is 3. The van der Waals surface area contributed by atoms with E-state index in [1.54, 1.807) is 0 Å². The molecule has 25 heavy (non-hydrogen) atoms. The van der Waals surface area contributed by atoms with E-state index in [1.807, 2.05) is 13.8 Å². The minimum atomic E-state index is -0.166. The van der Waals surface area contributed by atoms with Crippen molar-refractivity contribution < 1.29 is 23.9 Å². The minimum Gasteiger partial charge on any atom is -0.379 e. The maximum atomic E-state index is 11.9. The third-order valence-corrected chi connectivity index (χ3v) is 4.38. The Kier molecular flexibility index (Phi) is 11.1. The van der Waals surface area contributed by atoms with E-state index in [-0.39, 0.29) is 30.4 Å². The number of Topliss-reactive ketones (excluding diaryl/α,β-unsaturated/α-hetero) is 1. The summed E-state index contributed by atoms with van der Waals surface area (Å²) in [6.07, 6.45) is 4.39. The monoisotopic (exact) mass is 356 g/mol. The van der Waals surface area contributed by atoms with Gasteiger partial charge in [0.2, 0.25) is 11.8 Å². The lowest BCUT2D eigenvalue weighted by Gasteiger charge is -2.28. The van der Waals surface area contributed by atoms with Gasteiger partial charge in [-0.25, -0.2) is 0 Å². The molecule has 0 saturated heterocycles. The molecule has 0 aromatic carbocycles. The van der Waals surface area contributed by atoms with Crippen LogP contribution in [0.3, 0.4) is 0 Å². The van der Waals surface area contributed by atoms with Gasteiger partial charge < -0.3 is 20.1 Å². The Balaban J connectivity index is 2.01. The Hall–Kier alpha value is -1.47. The number of carbonyl (C=O) groups excluding carboxylic acids is 3. The summed E-state index contributed by atoms with van der Waals surface area (Å²) in [6, 6.07) is 0.172. The molecule has 0 heterocycles. The van der Waals surface area contributed by atoms with E-state index < -0.39 is 0 Å². The topological polar surface area (TPSA) is 93.7 Å². The highest BCUT2D eigenvalue weighted by Crippen LogP contribution is 2.25. The molecule has 144 valence electrons. The van der Waals surface area contributed by atoms with Crippen LogP contribution >= 0.6 is 0 Å². The standard InChI is InChI=1S/C18H32N2O5/c1-3-16(21)14-5-7-15(8-6-14)20-17(22)9-11-25-12-10-19-18(23)13-24-4-2/h14-15H,3-13H2,1-2H3,(H,19,23)(H,20,22). The largest absolute Gasteiger partial charge is 0.379 e. The van der Waals surface area contributed by atoms with E-state index in [0.29, 0.717) is 45.0 Å². The van der Waals surface area contributed by atoms with Crippen LogP contribution in [0, 0.1) is 5.92 Å². The highest BCUT2D eigenvalue weighted by Gasteiger charge is 2.25. The van der Waals surface area contributed by atoms with Crippen LogP contribution in [0.5, 0.6) is 0 Å². The van der Waals surface area contributed by atoms with Gasteiger partial charge in [-0.2, -0.15) is 0 Å². The van der Waals surface area contributed by atoms with Gasteiger partial charge in [-0.15, -0.1) is 0 Å². The van der Waals surface area contributed by atoms with Crippen molar-refractivity contribution in [2.45, 2.75) is 58.4 Å². The number of nitrogens with one attached hydrogen (secondary N) is 2. The van der Waals surface area contributed by atoms with Crippen molar-refractivity contribution in [3.05, 3.63) is 0 Å². The highest BCUT2D eigenvalue weighted by atomic mass is 16.5. The maximum Gasteiger partial charge on any atom is 0.246 e. The van der Waals surface area contributed by atoms with Crippen LogP contribution in [0.2, 0.25) is 0 Å². The molecular formula is C18H32N2O5. The van der Waals surface area contributed by atoms with Crippen molar-refractivity contribution in [2.24, 2.45) is 5.92 Å². The van der Waals surface area contributed by atoms with Crippen LogP contribution < -0.4 is 10.6 Å². The first kappa shape index (κ1) is 21.6. The molecule has 2 N–H and O–H groups in total. The average Bonchev–Trinajstić information content (AvgIpc) is 2.62. The van der Waals surface area contributed by atoms with Crippen molar-refractivity contribution in [1.29, 1.82) is 0 Å². The van der Waals surface area contributed by atoms with Gasteiger partial charge in [-0.1, -0.05) is 6.92 Å². The van der Waals surface area contributed by atoms with Crippen LogP contribution in [-0.2, 0) is 23.9 Å². The highest BCUT2D eigenvalue weighted by molar-refractivity contribution is 5.81. The van der Waals surface area contributed by atoms with Crippen molar-refractivity contribution in [1.82, 2.24) is 10.6 Å². The molecule has 0 bridgehead atoms. The van der Waals surface area contributed by atoms with Crippen LogP contribution in [0.1, 0.15) is 52.4 Å². The zero-order valence-electron chi connectivity index (χ0n) is 15.5. The van der Waals surface area contributed by atoms with Crippen molar-refractivity contribution in [3.63, 3.8) is 0 Å². The number of ether oxygens (including phenoxy) is 2. The van der Waals surface area contributed by atoms with Gasteiger partial charge in [-0.3, -0.25) is 14.4 Å². The number of hydrogen-bond acceptors (Lipinski definition) is 5. The van der Waals surface area contributed by atoms with Crippen LogP contribution in [0.4, 0.5) is 0 Å². The summed E-state index contributed by atoms with van der Waals surface area (Å²) in [5.74, 6) is 0.331. The zero-order valence-corrected chi connectivity index (χ0v) is 15.5. The zero-order chi connectivity index (χ0) is 18.5. The Morgan fingerprint density at radius 2 is 1.68 bits per heavy atom. The smallest absolute Gasteiger partial charge is 0.246 e. The molecule has 0 radical (unpaired) electrons. The van der Waals surface area contributed by atoms with Crippen LogP contribution in [0.15, 0.2) is 0 Å². The molecule has 1 fully saturated rings. The summed E-state index contributed by atoms with van der Waals surface area (Å²) >= 11 is 0. The predicted molar refractivity (Wildman–Crippen MR) is 94.1 cm³/mol. The van der Waals surface area contributed by atoms with Gasteiger partial charge in [-0.05, 0) is 32.6 Å². The van der Waals surface area contributed by atoms with Crippen molar-refractivity contribution in [3.8, 4) is 0 Å². The van der Waals surface area contributed by atoms with E-state index in [4.69, 9.17) is 9.47 Å². The Labute approximate surface area is 150 Å². The average molecular weight is 356 g/mol. The normalized spacial score (nSPS) is 20.1. The van der Waals surface area contributed by atoms with Gasteiger partial charge in [0.25, 0.3) is 0 Å². The lowest BCUT2D eigenvalue weighted by Crippen LogP contribution is -2.39. The maximum absolute atomic E-state index is 11.9. The fraction of sp³-hybridized carbons (Fsp3) is 0.833. The Bertz CT molecular complexity index is 420. The lowest BCUT2D eigenvalue weighted by molar-refractivity contribution is -0.126. The predicted octanol–water partition coefficient (Wildman–Crippen LogP) is 1.20. The van der Waals surface area contributed by atoms with Crippen molar-refractivity contribution in [2.75, 3.05) is 33.0 Å². The molecule has 0 aromatic rings. The van der Waals surface area contributed by atoms with E-state index in [9.17, 15) is 14.4 Å². The molecule has 0 atom stereocenters. The summed E-state index contributed by atoms with van der Waals surface area (Å²) in [7, 11) is 0. The summed E-state index contributed by atoms with van der Waals surface area (Å²) in [5.41, 5.74) is 0. The second-order valence-corrected chi connectivity index (χ2v) is 6.29. The molecule has 1 rings (SSSR count). The molecule has 7 heteroatoms. The molecule has 1 saturated carbocycles. The van der Waals surface area contributed by atoms with Gasteiger partial charge >= 0.3 is 0 Å². The van der Waals surface area contributed by atoms with Gasteiger partial charge in [0.05, 0.1) is 13.2 Å². The number of rotatable bonds is 12. The SMILES string of the molecule is CCOCC(=O)NCCOCCC(=O)NC1CCC(C(=O)CC)CC1. The van der Waals surface area contributed by atoms with E-state index in [1.165, 1.54) is 0 Å². The molecule has 0 aromatic heterocycles. The Morgan fingerprint density at radius 1 is 0.960 bits per heavy atom. The van der Waals surface area contributed by atoms with Crippen LogP contribution in [0.25, 0.3) is 0 Å².